The molecule has 3 heterocycles. The number of nitrogens with zero attached hydrogens (tertiary/aromatic N) is 4. The molecule has 0 atom stereocenters. The van der Waals surface area contributed by atoms with E-state index in [9.17, 15) is 4.79 Å². The van der Waals surface area contributed by atoms with Gasteiger partial charge in [-0.15, -0.1) is 0 Å². The van der Waals surface area contributed by atoms with Gasteiger partial charge in [0.25, 0.3) is 0 Å². The first-order valence-electron chi connectivity index (χ1n) is 11.6. The predicted octanol–water partition coefficient (Wildman–Crippen LogP) is 3.29. The highest BCUT2D eigenvalue weighted by atomic mass is 16.2. The van der Waals surface area contributed by atoms with E-state index in [1.165, 1.54) is 5.56 Å². The summed E-state index contributed by atoms with van der Waals surface area (Å²) in [6, 6.07) is 13.1. The molecule has 1 aromatic heterocycles. The minimum Gasteiger partial charge on any atom is -0.370 e. The molecular formula is C24H34N6O. The summed E-state index contributed by atoms with van der Waals surface area (Å²) in [4.78, 5) is 25.4. The van der Waals surface area contributed by atoms with Crippen LogP contribution in [-0.2, 0) is 11.3 Å². The third-order valence-electron chi connectivity index (χ3n) is 6.11. The van der Waals surface area contributed by atoms with Crippen molar-refractivity contribution in [3.05, 3.63) is 47.7 Å². The number of benzene rings is 1. The van der Waals surface area contributed by atoms with Crippen LogP contribution in [-0.4, -0.2) is 64.4 Å². The number of hydrogen-bond acceptors (Lipinski definition) is 6. The predicted molar refractivity (Wildman–Crippen MR) is 124 cm³/mol. The summed E-state index contributed by atoms with van der Waals surface area (Å²) in [7, 11) is 0. The topological polar surface area (TPSA) is 73.4 Å². The van der Waals surface area contributed by atoms with Crippen molar-refractivity contribution in [1.29, 1.82) is 0 Å². The Morgan fingerprint density at radius 3 is 2.65 bits per heavy atom. The number of carbonyl (C=O) groups is 1. The molecule has 4 rings (SSSR count). The number of aromatic nitrogens is 2. The van der Waals surface area contributed by atoms with E-state index < -0.39 is 0 Å². The fraction of sp³-hybridized carbons (Fsp3) is 0.542. The quantitative estimate of drug-likeness (QED) is 0.604. The first kappa shape index (κ1) is 21.6. The SMILES string of the molecule is Cc1cc(NCCCN2CCCC2=O)nc(NC2CCN(Cc3ccccc3)CC2)n1. The van der Waals surface area contributed by atoms with Gasteiger partial charge in [-0.25, -0.2) is 4.98 Å². The Hall–Kier alpha value is -2.67. The van der Waals surface area contributed by atoms with E-state index >= 15 is 0 Å². The summed E-state index contributed by atoms with van der Waals surface area (Å²) in [5.74, 6) is 1.85. The normalized spacial score (nSPS) is 17.8. The summed E-state index contributed by atoms with van der Waals surface area (Å²) >= 11 is 0. The maximum absolute atomic E-state index is 11.7. The van der Waals surface area contributed by atoms with Gasteiger partial charge in [0, 0.05) is 63.5 Å². The van der Waals surface area contributed by atoms with Gasteiger partial charge >= 0.3 is 0 Å². The van der Waals surface area contributed by atoms with Crippen LogP contribution in [0.15, 0.2) is 36.4 Å². The number of hydrogen-bond donors (Lipinski definition) is 2. The van der Waals surface area contributed by atoms with Crippen LogP contribution >= 0.6 is 0 Å². The van der Waals surface area contributed by atoms with Gasteiger partial charge in [-0.2, -0.15) is 4.98 Å². The number of rotatable bonds is 9. The second kappa shape index (κ2) is 10.6. The van der Waals surface area contributed by atoms with Gasteiger partial charge in [-0.05, 0) is 38.2 Å². The Morgan fingerprint density at radius 2 is 1.90 bits per heavy atom. The van der Waals surface area contributed by atoms with E-state index in [0.717, 1.165) is 76.5 Å². The van der Waals surface area contributed by atoms with Gasteiger partial charge in [0.15, 0.2) is 0 Å². The van der Waals surface area contributed by atoms with Crippen LogP contribution in [0.1, 0.15) is 43.4 Å². The zero-order chi connectivity index (χ0) is 21.5. The second-order valence-corrected chi connectivity index (χ2v) is 8.66. The van der Waals surface area contributed by atoms with E-state index in [1.807, 2.05) is 17.9 Å². The zero-order valence-corrected chi connectivity index (χ0v) is 18.5. The van der Waals surface area contributed by atoms with Crippen LogP contribution in [0.5, 0.6) is 0 Å². The molecule has 1 aromatic carbocycles. The van der Waals surface area contributed by atoms with Crippen LogP contribution in [0.2, 0.25) is 0 Å². The van der Waals surface area contributed by atoms with Crippen molar-refractivity contribution in [2.24, 2.45) is 0 Å². The Bertz CT molecular complexity index is 850. The number of amides is 1. The van der Waals surface area contributed by atoms with Crippen LogP contribution in [0.4, 0.5) is 11.8 Å². The van der Waals surface area contributed by atoms with Gasteiger partial charge in [-0.3, -0.25) is 9.69 Å². The summed E-state index contributed by atoms with van der Waals surface area (Å²) in [6.45, 7) is 7.72. The Balaban J connectivity index is 1.21. The second-order valence-electron chi connectivity index (χ2n) is 8.66. The molecule has 0 radical (unpaired) electrons. The van der Waals surface area contributed by atoms with Gasteiger partial charge in [0.1, 0.15) is 5.82 Å². The summed E-state index contributed by atoms with van der Waals surface area (Å²) in [6.07, 6.45) is 4.82. The van der Waals surface area contributed by atoms with Crippen LogP contribution in [0.25, 0.3) is 0 Å². The molecule has 1 amide bonds. The first-order chi connectivity index (χ1) is 15.2. The monoisotopic (exact) mass is 422 g/mol. The average molecular weight is 423 g/mol. The van der Waals surface area contributed by atoms with Crippen molar-refractivity contribution in [2.45, 2.75) is 51.6 Å². The van der Waals surface area contributed by atoms with Gasteiger partial charge in [0.05, 0.1) is 0 Å². The van der Waals surface area contributed by atoms with Crippen molar-refractivity contribution in [3.63, 3.8) is 0 Å². The van der Waals surface area contributed by atoms with E-state index in [0.29, 0.717) is 24.3 Å². The Labute approximate surface area is 185 Å². The lowest BCUT2D eigenvalue weighted by atomic mass is 10.0. The summed E-state index contributed by atoms with van der Waals surface area (Å²) in [5, 5.41) is 6.94. The zero-order valence-electron chi connectivity index (χ0n) is 18.5. The third kappa shape index (κ3) is 6.40. The molecule has 0 aliphatic carbocycles. The highest BCUT2D eigenvalue weighted by molar-refractivity contribution is 5.78. The Kier molecular flexibility index (Phi) is 7.35. The lowest BCUT2D eigenvalue weighted by molar-refractivity contribution is -0.127. The van der Waals surface area contributed by atoms with Crippen LogP contribution in [0.3, 0.4) is 0 Å². The van der Waals surface area contributed by atoms with E-state index in [2.05, 4.69) is 55.8 Å². The molecule has 2 N–H and O–H groups in total. The molecule has 2 aromatic rings. The fourth-order valence-electron chi connectivity index (χ4n) is 4.41. The van der Waals surface area contributed by atoms with E-state index in [1.54, 1.807) is 0 Å². The smallest absolute Gasteiger partial charge is 0.225 e. The minimum atomic E-state index is 0.291. The van der Waals surface area contributed by atoms with E-state index in [4.69, 9.17) is 0 Å². The van der Waals surface area contributed by atoms with E-state index in [-0.39, 0.29) is 0 Å². The van der Waals surface area contributed by atoms with Crippen molar-refractivity contribution in [3.8, 4) is 0 Å². The van der Waals surface area contributed by atoms with Crippen LogP contribution < -0.4 is 10.6 Å². The molecule has 0 bridgehead atoms. The molecule has 2 aliphatic rings. The number of nitrogens with one attached hydrogen (secondary N) is 2. The molecule has 0 saturated carbocycles. The standard InChI is InChI=1S/C24H34N6O/c1-19-17-22(25-12-6-14-30-13-5-9-23(30)31)28-24(26-19)27-21-10-15-29(16-11-21)18-20-7-3-2-4-8-20/h2-4,7-8,17,21H,5-6,9-16,18H2,1H3,(H2,25,26,27,28). The van der Waals surface area contributed by atoms with Gasteiger partial charge in [0.2, 0.25) is 11.9 Å². The molecule has 7 heteroatoms. The average Bonchev–Trinajstić information content (AvgIpc) is 3.18. The molecule has 166 valence electrons. The summed E-state index contributed by atoms with van der Waals surface area (Å²) in [5.41, 5.74) is 2.33. The first-order valence-corrected chi connectivity index (χ1v) is 11.6. The number of anilines is 2. The van der Waals surface area contributed by atoms with Crippen molar-refractivity contribution in [2.75, 3.05) is 43.4 Å². The molecule has 0 spiro atoms. The number of carbonyl (C=O) groups excluding carboxylic acids is 1. The molecule has 2 aliphatic heterocycles. The number of likely N-dealkylation sites (tertiary alicyclic amines) is 2. The van der Waals surface area contributed by atoms with Crippen molar-refractivity contribution < 1.29 is 4.79 Å². The molecular weight excluding hydrogens is 388 g/mol. The van der Waals surface area contributed by atoms with Gasteiger partial charge in [-0.1, -0.05) is 30.3 Å². The molecule has 2 fully saturated rings. The maximum atomic E-state index is 11.7. The molecule has 2 saturated heterocycles. The van der Waals surface area contributed by atoms with Crippen LogP contribution in [0, 0.1) is 6.92 Å². The van der Waals surface area contributed by atoms with Gasteiger partial charge < -0.3 is 15.5 Å². The number of piperidine rings is 1. The third-order valence-corrected chi connectivity index (χ3v) is 6.11. The lowest BCUT2D eigenvalue weighted by Gasteiger charge is -2.32. The molecule has 31 heavy (non-hydrogen) atoms. The lowest BCUT2D eigenvalue weighted by Crippen LogP contribution is -2.39. The van der Waals surface area contributed by atoms with Crippen molar-refractivity contribution in [1.82, 2.24) is 19.8 Å². The Morgan fingerprint density at radius 1 is 1.10 bits per heavy atom. The summed E-state index contributed by atoms with van der Waals surface area (Å²) < 4.78 is 0. The largest absolute Gasteiger partial charge is 0.370 e. The maximum Gasteiger partial charge on any atom is 0.225 e. The minimum absolute atomic E-state index is 0.291. The number of aryl methyl sites for hydroxylation is 1. The fourth-order valence-corrected chi connectivity index (χ4v) is 4.41. The highest BCUT2D eigenvalue weighted by Gasteiger charge is 2.21. The highest BCUT2D eigenvalue weighted by Crippen LogP contribution is 2.18. The molecule has 0 unspecified atom stereocenters. The molecule has 7 nitrogen and oxygen atoms in total. The van der Waals surface area contributed by atoms with Crippen molar-refractivity contribution >= 4 is 17.7 Å².